The van der Waals surface area contributed by atoms with Crippen molar-refractivity contribution in [3.05, 3.63) is 29.3 Å². The Balaban J connectivity index is 0.00000208. The Bertz CT molecular complexity index is 524. The number of ether oxygens (including phenoxy) is 1. The minimum atomic E-state index is 0. The van der Waals surface area contributed by atoms with Gasteiger partial charge in [-0.15, -0.1) is 12.4 Å². The van der Waals surface area contributed by atoms with Crippen LogP contribution in [0.4, 0.5) is 0 Å². The van der Waals surface area contributed by atoms with Crippen LogP contribution in [0.1, 0.15) is 32.1 Å². The molecule has 0 radical (unpaired) electrons. The quantitative estimate of drug-likeness (QED) is 0.778. The SMILES string of the molecule is Cl.NC1C2CCCC1CC(C(=O)NCCOc1ccc(Cl)cc1)C2. The van der Waals surface area contributed by atoms with E-state index in [4.69, 9.17) is 22.1 Å². The second-order valence-corrected chi connectivity index (χ2v) is 7.23. The van der Waals surface area contributed by atoms with Gasteiger partial charge in [-0.2, -0.15) is 0 Å². The molecule has 2 fully saturated rings. The zero-order valence-corrected chi connectivity index (χ0v) is 15.3. The van der Waals surface area contributed by atoms with Gasteiger partial charge in [0.2, 0.25) is 5.91 Å². The third kappa shape index (κ3) is 4.78. The molecule has 134 valence electrons. The number of hydrogen-bond acceptors (Lipinski definition) is 3. The maximum atomic E-state index is 12.4. The Kier molecular flexibility index (Phi) is 7.20. The van der Waals surface area contributed by atoms with Crippen molar-refractivity contribution in [3.63, 3.8) is 0 Å². The Hall–Kier alpha value is -0.970. The van der Waals surface area contributed by atoms with E-state index in [1.54, 1.807) is 12.1 Å². The Morgan fingerprint density at radius 2 is 1.83 bits per heavy atom. The van der Waals surface area contributed by atoms with Crippen LogP contribution in [-0.2, 0) is 4.79 Å². The zero-order valence-electron chi connectivity index (χ0n) is 13.7. The van der Waals surface area contributed by atoms with E-state index in [9.17, 15) is 4.79 Å². The molecule has 0 aliphatic heterocycles. The standard InChI is InChI=1S/C18H25ClN2O2.ClH/c19-15-4-6-16(7-5-15)23-9-8-21-18(22)14-10-12-2-1-3-13(11-14)17(12)20;/h4-7,12-14,17H,1-3,8-11,20H2,(H,21,22);1H. The van der Waals surface area contributed by atoms with Crippen LogP contribution in [0.2, 0.25) is 5.02 Å². The summed E-state index contributed by atoms with van der Waals surface area (Å²) in [6.07, 6.45) is 5.53. The van der Waals surface area contributed by atoms with E-state index in [-0.39, 0.29) is 24.2 Å². The van der Waals surface area contributed by atoms with Crippen molar-refractivity contribution in [3.8, 4) is 5.75 Å². The number of nitrogens with two attached hydrogens (primary N) is 1. The molecular formula is C18H26Cl2N2O2. The van der Waals surface area contributed by atoms with Crippen LogP contribution >= 0.6 is 24.0 Å². The van der Waals surface area contributed by atoms with Gasteiger partial charge in [0.05, 0.1) is 6.54 Å². The highest BCUT2D eigenvalue weighted by Crippen LogP contribution is 2.41. The van der Waals surface area contributed by atoms with Crippen molar-refractivity contribution in [2.75, 3.05) is 13.2 Å². The summed E-state index contributed by atoms with van der Waals surface area (Å²) in [7, 11) is 0. The molecule has 0 heterocycles. The molecular weight excluding hydrogens is 347 g/mol. The van der Waals surface area contributed by atoms with Gasteiger partial charge in [-0.05, 0) is 61.8 Å². The Labute approximate surface area is 154 Å². The topological polar surface area (TPSA) is 64.4 Å². The lowest BCUT2D eigenvalue weighted by atomic mass is 9.65. The molecule has 1 amide bonds. The number of carbonyl (C=O) groups is 1. The fraction of sp³-hybridized carbons (Fsp3) is 0.611. The lowest BCUT2D eigenvalue weighted by Crippen LogP contribution is -2.49. The van der Waals surface area contributed by atoms with Gasteiger partial charge in [0.15, 0.2) is 0 Å². The smallest absolute Gasteiger partial charge is 0.223 e. The fourth-order valence-corrected chi connectivity index (χ4v) is 4.15. The summed E-state index contributed by atoms with van der Waals surface area (Å²) in [5.41, 5.74) is 6.28. The average molecular weight is 373 g/mol. The van der Waals surface area contributed by atoms with E-state index >= 15 is 0 Å². The predicted octanol–water partition coefficient (Wildman–Crippen LogP) is 3.41. The predicted molar refractivity (Wildman–Crippen MR) is 98.7 cm³/mol. The lowest BCUT2D eigenvalue weighted by Gasteiger charge is -2.43. The summed E-state index contributed by atoms with van der Waals surface area (Å²) >= 11 is 5.83. The van der Waals surface area contributed by atoms with Crippen LogP contribution in [0.25, 0.3) is 0 Å². The van der Waals surface area contributed by atoms with E-state index < -0.39 is 0 Å². The van der Waals surface area contributed by atoms with Gasteiger partial charge in [0.25, 0.3) is 0 Å². The second kappa shape index (κ2) is 8.93. The first-order chi connectivity index (χ1) is 11.1. The number of benzene rings is 1. The average Bonchev–Trinajstić information content (AvgIpc) is 2.53. The van der Waals surface area contributed by atoms with E-state index in [1.807, 2.05) is 12.1 Å². The highest BCUT2D eigenvalue weighted by atomic mass is 35.5. The summed E-state index contributed by atoms with van der Waals surface area (Å²) in [6.45, 7) is 0.992. The van der Waals surface area contributed by atoms with Crippen molar-refractivity contribution in [1.82, 2.24) is 5.32 Å². The third-order valence-electron chi connectivity index (χ3n) is 5.27. The lowest BCUT2D eigenvalue weighted by molar-refractivity contribution is -0.128. The van der Waals surface area contributed by atoms with Gasteiger partial charge >= 0.3 is 0 Å². The van der Waals surface area contributed by atoms with Gasteiger partial charge in [0.1, 0.15) is 12.4 Å². The molecule has 3 rings (SSSR count). The van der Waals surface area contributed by atoms with Gasteiger partial charge in [0, 0.05) is 17.0 Å². The van der Waals surface area contributed by atoms with Gasteiger partial charge in [-0.1, -0.05) is 18.0 Å². The minimum Gasteiger partial charge on any atom is -0.492 e. The first-order valence-electron chi connectivity index (χ1n) is 8.55. The molecule has 2 unspecified atom stereocenters. The summed E-state index contributed by atoms with van der Waals surface area (Å²) in [5.74, 6) is 2.11. The van der Waals surface area contributed by atoms with Crippen LogP contribution in [-0.4, -0.2) is 25.1 Å². The van der Waals surface area contributed by atoms with Crippen molar-refractivity contribution in [2.45, 2.75) is 38.1 Å². The molecule has 0 saturated heterocycles. The van der Waals surface area contributed by atoms with Crippen molar-refractivity contribution in [1.29, 1.82) is 0 Å². The third-order valence-corrected chi connectivity index (χ3v) is 5.52. The van der Waals surface area contributed by atoms with Gasteiger partial charge in [-0.25, -0.2) is 0 Å². The van der Waals surface area contributed by atoms with E-state index in [0.29, 0.717) is 36.1 Å². The molecule has 1 aromatic carbocycles. The Morgan fingerprint density at radius 1 is 1.21 bits per heavy atom. The molecule has 2 aliphatic carbocycles. The first kappa shape index (κ1) is 19.4. The highest BCUT2D eigenvalue weighted by Gasteiger charge is 2.40. The van der Waals surface area contributed by atoms with Crippen LogP contribution in [0.3, 0.4) is 0 Å². The molecule has 24 heavy (non-hydrogen) atoms. The second-order valence-electron chi connectivity index (χ2n) is 6.79. The molecule has 2 aliphatic rings. The van der Waals surface area contributed by atoms with E-state index in [1.165, 1.54) is 19.3 Å². The number of hydrogen-bond donors (Lipinski definition) is 2. The number of nitrogens with one attached hydrogen (secondary N) is 1. The summed E-state index contributed by atoms with van der Waals surface area (Å²) in [5, 5.41) is 3.69. The number of rotatable bonds is 5. The first-order valence-corrected chi connectivity index (χ1v) is 8.93. The molecule has 4 nitrogen and oxygen atoms in total. The van der Waals surface area contributed by atoms with Crippen molar-refractivity contribution >= 4 is 29.9 Å². The molecule has 0 spiro atoms. The van der Waals surface area contributed by atoms with Crippen molar-refractivity contribution < 1.29 is 9.53 Å². The van der Waals surface area contributed by atoms with Crippen LogP contribution in [0.15, 0.2) is 24.3 Å². The molecule has 3 N–H and O–H groups in total. The maximum Gasteiger partial charge on any atom is 0.223 e. The van der Waals surface area contributed by atoms with Crippen LogP contribution in [0.5, 0.6) is 5.75 Å². The summed E-state index contributed by atoms with van der Waals surface area (Å²) < 4.78 is 5.60. The molecule has 1 aromatic rings. The normalized spacial score (nSPS) is 28.6. The van der Waals surface area contributed by atoms with Crippen LogP contribution in [0, 0.1) is 17.8 Å². The fourth-order valence-electron chi connectivity index (χ4n) is 4.02. The van der Waals surface area contributed by atoms with Gasteiger partial charge in [-0.3, -0.25) is 4.79 Å². The monoisotopic (exact) mass is 372 g/mol. The summed E-state index contributed by atoms with van der Waals surface area (Å²) in [6, 6.07) is 7.54. The zero-order chi connectivity index (χ0) is 16.2. The maximum absolute atomic E-state index is 12.4. The van der Waals surface area contributed by atoms with Gasteiger partial charge < -0.3 is 15.8 Å². The number of carbonyl (C=O) groups excluding carboxylic acids is 1. The highest BCUT2D eigenvalue weighted by molar-refractivity contribution is 6.30. The minimum absolute atomic E-state index is 0. The number of halogens is 2. The molecule has 2 bridgehead atoms. The van der Waals surface area contributed by atoms with Crippen LogP contribution < -0.4 is 15.8 Å². The van der Waals surface area contributed by atoms with E-state index in [0.717, 1.165) is 18.6 Å². The molecule has 2 saturated carbocycles. The largest absolute Gasteiger partial charge is 0.492 e. The molecule has 0 aromatic heterocycles. The summed E-state index contributed by atoms with van der Waals surface area (Å²) in [4.78, 5) is 12.4. The Morgan fingerprint density at radius 3 is 2.46 bits per heavy atom. The molecule has 2 atom stereocenters. The number of amides is 1. The van der Waals surface area contributed by atoms with E-state index in [2.05, 4.69) is 5.32 Å². The van der Waals surface area contributed by atoms with Crippen molar-refractivity contribution in [2.24, 2.45) is 23.5 Å². The molecule has 6 heteroatoms. The number of fused-ring (bicyclic) bond motifs is 2.